The Morgan fingerprint density at radius 2 is 0.675 bits per heavy atom. The number of amides is 1. The fraction of sp³-hybridized carbons (Fsp3) is 0.887. The van der Waals surface area contributed by atoms with Gasteiger partial charge < -0.3 is 20.3 Å². The largest absolute Gasteiger partial charge is 0.466 e. The second-order valence-electron chi connectivity index (χ2n) is 23.9. The van der Waals surface area contributed by atoms with Crippen LogP contribution >= 0.6 is 0 Å². The normalized spacial score (nSPS) is 12.7. The molecule has 0 aromatic rings. The van der Waals surface area contributed by atoms with Gasteiger partial charge in [-0.3, -0.25) is 9.59 Å². The minimum Gasteiger partial charge on any atom is -0.466 e. The lowest BCUT2D eigenvalue weighted by Gasteiger charge is -2.22. The smallest absolute Gasteiger partial charge is 0.305 e. The van der Waals surface area contributed by atoms with Gasteiger partial charge in [0.25, 0.3) is 0 Å². The van der Waals surface area contributed by atoms with Crippen molar-refractivity contribution < 1.29 is 24.5 Å². The quantitative estimate of drug-likeness (QED) is 0.0320. The van der Waals surface area contributed by atoms with Gasteiger partial charge >= 0.3 is 5.97 Å². The van der Waals surface area contributed by atoms with E-state index < -0.39 is 12.1 Å². The molecule has 0 saturated heterocycles. The van der Waals surface area contributed by atoms with Crippen molar-refractivity contribution in [2.75, 3.05) is 13.2 Å². The number of carbonyl (C=O) groups is 2. The molecule has 0 aliphatic heterocycles. The molecule has 0 saturated carbocycles. The van der Waals surface area contributed by atoms with E-state index in [1.165, 1.54) is 295 Å². The van der Waals surface area contributed by atoms with Gasteiger partial charge in [-0.15, -0.1) is 0 Å². The van der Waals surface area contributed by atoms with Crippen LogP contribution in [0.1, 0.15) is 380 Å². The van der Waals surface area contributed by atoms with Gasteiger partial charge in [0.15, 0.2) is 0 Å². The van der Waals surface area contributed by atoms with Crippen molar-refractivity contribution in [3.63, 3.8) is 0 Å². The van der Waals surface area contributed by atoms with Crippen LogP contribution in [0.5, 0.6) is 0 Å². The number of ether oxygens (including phenoxy) is 1. The average Bonchev–Trinajstić information content (AvgIpc) is 3.43. The number of hydrogen-bond acceptors (Lipinski definition) is 5. The van der Waals surface area contributed by atoms with E-state index >= 15 is 0 Å². The Bertz CT molecular complexity index is 1250. The standard InChI is InChI=1S/C71H135NO5/c1-3-5-7-9-11-13-15-41-45-49-53-57-61-65-71(76)77-66-62-58-54-50-46-43-40-38-36-34-32-30-28-26-24-22-20-18-16-17-19-21-23-25-27-29-31-33-35-37-39-42-44-48-52-56-60-64-70(75)72-68(67-73)69(74)63-59-55-51-47-14-12-10-8-6-4-2/h7,9,13,15-16,18,68-69,73-74H,3-6,8,10-12,14,17,19-67H2,1-2H3,(H,72,75)/b9-7-,15-13-,18-16-. The van der Waals surface area contributed by atoms with Gasteiger partial charge in [-0.05, 0) is 77.0 Å². The summed E-state index contributed by atoms with van der Waals surface area (Å²) in [4.78, 5) is 24.5. The zero-order valence-corrected chi connectivity index (χ0v) is 52.0. The molecule has 0 spiro atoms. The van der Waals surface area contributed by atoms with E-state index in [4.69, 9.17) is 4.74 Å². The Morgan fingerprint density at radius 3 is 1.05 bits per heavy atom. The maximum absolute atomic E-state index is 12.4. The van der Waals surface area contributed by atoms with Crippen LogP contribution in [0, 0.1) is 0 Å². The van der Waals surface area contributed by atoms with Crippen molar-refractivity contribution in [3.05, 3.63) is 36.5 Å². The molecule has 454 valence electrons. The molecule has 0 aliphatic rings. The van der Waals surface area contributed by atoms with Crippen LogP contribution in [-0.2, 0) is 14.3 Å². The molecule has 2 atom stereocenters. The number of aliphatic hydroxyl groups is 2. The Balaban J connectivity index is 3.31. The van der Waals surface area contributed by atoms with Gasteiger partial charge in [0.2, 0.25) is 5.91 Å². The first-order chi connectivity index (χ1) is 38.0. The molecule has 6 nitrogen and oxygen atoms in total. The topological polar surface area (TPSA) is 95.9 Å². The van der Waals surface area contributed by atoms with Gasteiger partial charge in [-0.2, -0.15) is 0 Å². The Kier molecular flexibility index (Phi) is 64.9. The average molecular weight is 1080 g/mol. The Hall–Kier alpha value is -1.92. The van der Waals surface area contributed by atoms with E-state index in [1.807, 2.05) is 0 Å². The highest BCUT2D eigenvalue weighted by molar-refractivity contribution is 5.76. The molecular formula is C71H135NO5. The summed E-state index contributed by atoms with van der Waals surface area (Å²) in [6, 6.07) is -0.536. The number of unbranched alkanes of at least 4 members (excludes halogenated alkanes) is 48. The fourth-order valence-corrected chi connectivity index (χ4v) is 10.9. The molecular weight excluding hydrogens is 947 g/mol. The van der Waals surface area contributed by atoms with E-state index in [2.05, 4.69) is 55.6 Å². The summed E-state index contributed by atoms with van der Waals surface area (Å²) in [6.45, 7) is 4.89. The molecule has 0 aliphatic carbocycles. The van der Waals surface area contributed by atoms with Crippen LogP contribution in [0.25, 0.3) is 0 Å². The lowest BCUT2D eigenvalue weighted by Crippen LogP contribution is -2.45. The molecule has 0 rings (SSSR count). The number of nitrogens with one attached hydrogen (secondary N) is 1. The van der Waals surface area contributed by atoms with E-state index in [-0.39, 0.29) is 18.5 Å². The number of esters is 1. The first kappa shape index (κ1) is 75.1. The third-order valence-electron chi connectivity index (χ3n) is 16.1. The van der Waals surface area contributed by atoms with Crippen molar-refractivity contribution >= 4 is 11.9 Å². The van der Waals surface area contributed by atoms with Crippen molar-refractivity contribution in [2.24, 2.45) is 0 Å². The van der Waals surface area contributed by atoms with Gasteiger partial charge in [0.05, 0.1) is 25.4 Å². The molecule has 6 heteroatoms. The zero-order chi connectivity index (χ0) is 55.7. The number of hydrogen-bond donors (Lipinski definition) is 3. The highest BCUT2D eigenvalue weighted by Gasteiger charge is 2.20. The SMILES string of the molecule is CCC/C=C\C/C=C\CCCCCCCC(=O)OCCCCCCCCCCCCCCCCCC/C=C\CCCCCCCCCCCCCCCCCCCC(=O)NC(CO)C(O)CCCCCCCCCCCC. The first-order valence-corrected chi connectivity index (χ1v) is 34.7. The zero-order valence-electron chi connectivity index (χ0n) is 52.0. The summed E-state index contributed by atoms with van der Waals surface area (Å²) in [5.74, 6) is -0.0251. The van der Waals surface area contributed by atoms with Crippen LogP contribution in [-0.4, -0.2) is 47.4 Å². The molecule has 0 heterocycles. The third-order valence-corrected chi connectivity index (χ3v) is 16.1. The minimum absolute atomic E-state index is 0.00607. The minimum atomic E-state index is -0.659. The second-order valence-corrected chi connectivity index (χ2v) is 23.9. The summed E-state index contributed by atoms with van der Waals surface area (Å²) in [5.41, 5.74) is 0. The maximum atomic E-state index is 12.4. The second kappa shape index (κ2) is 66.6. The monoisotopic (exact) mass is 1080 g/mol. The number of carbonyl (C=O) groups excluding carboxylic acids is 2. The molecule has 0 radical (unpaired) electrons. The molecule has 0 aromatic heterocycles. The lowest BCUT2D eigenvalue weighted by atomic mass is 10.0. The fourth-order valence-electron chi connectivity index (χ4n) is 10.9. The number of aliphatic hydroxyl groups excluding tert-OH is 2. The summed E-state index contributed by atoms with van der Waals surface area (Å²) < 4.78 is 5.48. The van der Waals surface area contributed by atoms with E-state index in [9.17, 15) is 19.8 Å². The van der Waals surface area contributed by atoms with E-state index in [0.717, 1.165) is 51.4 Å². The first-order valence-electron chi connectivity index (χ1n) is 34.7. The highest BCUT2D eigenvalue weighted by atomic mass is 16.5. The van der Waals surface area contributed by atoms with Crippen molar-refractivity contribution in [1.82, 2.24) is 5.32 Å². The van der Waals surface area contributed by atoms with Crippen LogP contribution < -0.4 is 5.32 Å². The predicted octanol–water partition coefficient (Wildman–Crippen LogP) is 22.3. The Labute approximate surface area is 481 Å². The lowest BCUT2D eigenvalue weighted by molar-refractivity contribution is -0.143. The van der Waals surface area contributed by atoms with Gasteiger partial charge in [-0.1, -0.05) is 326 Å². The maximum Gasteiger partial charge on any atom is 0.305 e. The van der Waals surface area contributed by atoms with Gasteiger partial charge in [0.1, 0.15) is 0 Å². The van der Waals surface area contributed by atoms with Crippen LogP contribution in [0.2, 0.25) is 0 Å². The summed E-state index contributed by atoms with van der Waals surface area (Å²) >= 11 is 0. The molecule has 0 bridgehead atoms. The van der Waals surface area contributed by atoms with E-state index in [0.29, 0.717) is 25.9 Å². The Morgan fingerprint density at radius 1 is 0.364 bits per heavy atom. The van der Waals surface area contributed by atoms with Crippen molar-refractivity contribution in [1.29, 1.82) is 0 Å². The molecule has 0 fully saturated rings. The molecule has 77 heavy (non-hydrogen) atoms. The van der Waals surface area contributed by atoms with Crippen LogP contribution in [0.15, 0.2) is 36.5 Å². The van der Waals surface area contributed by atoms with Gasteiger partial charge in [0, 0.05) is 12.8 Å². The number of rotatable bonds is 65. The molecule has 3 N–H and O–H groups in total. The predicted molar refractivity (Wildman–Crippen MR) is 338 cm³/mol. The van der Waals surface area contributed by atoms with E-state index in [1.54, 1.807) is 0 Å². The van der Waals surface area contributed by atoms with Gasteiger partial charge in [-0.25, -0.2) is 0 Å². The number of allylic oxidation sites excluding steroid dienone is 6. The third kappa shape index (κ3) is 63.1. The van der Waals surface area contributed by atoms with Crippen molar-refractivity contribution in [2.45, 2.75) is 392 Å². The van der Waals surface area contributed by atoms with Crippen LogP contribution in [0.4, 0.5) is 0 Å². The van der Waals surface area contributed by atoms with Crippen molar-refractivity contribution in [3.8, 4) is 0 Å². The summed E-state index contributed by atoms with van der Waals surface area (Å²) in [7, 11) is 0. The molecule has 2 unspecified atom stereocenters. The van der Waals surface area contributed by atoms with Crippen LogP contribution in [0.3, 0.4) is 0 Å². The summed E-state index contributed by atoms with van der Waals surface area (Å²) in [6.07, 6.45) is 85.0. The highest BCUT2D eigenvalue weighted by Crippen LogP contribution is 2.18. The molecule has 1 amide bonds. The summed E-state index contributed by atoms with van der Waals surface area (Å²) in [5, 5.41) is 23.2. The molecule has 0 aromatic carbocycles.